The van der Waals surface area contributed by atoms with Crippen molar-refractivity contribution in [2.24, 2.45) is 5.92 Å². The quantitative estimate of drug-likeness (QED) is 0.629. The van der Waals surface area contributed by atoms with E-state index in [0.29, 0.717) is 45.4 Å². The van der Waals surface area contributed by atoms with Crippen molar-refractivity contribution in [3.8, 4) is 28.7 Å². The number of hydrogen-bond acceptors (Lipinski definition) is 10. The summed E-state index contributed by atoms with van der Waals surface area (Å²) in [6.07, 6.45) is 0. The zero-order valence-electron chi connectivity index (χ0n) is 19.3. The molecule has 2 unspecified atom stereocenters. The largest absolute Gasteiger partial charge is 0.507 e. The van der Waals surface area contributed by atoms with Gasteiger partial charge in [-0.1, -0.05) is 0 Å². The van der Waals surface area contributed by atoms with E-state index >= 15 is 0 Å². The number of carbonyl (C=O) groups is 2. The standard InChI is InChI=1S/C24H24O10/c1-28-16-6-11(7-17(29-2)22(16)30-3)18-12-8-14-15(34-10-33-14)9-13(12)21(25)20(24(27)32-5)19(18)23(26)31-4/h6-9,18-19,25H,10H2,1-5H3. The van der Waals surface area contributed by atoms with Crippen LogP contribution in [0, 0.1) is 5.92 Å². The van der Waals surface area contributed by atoms with Crippen LogP contribution in [-0.4, -0.2) is 59.4 Å². The maximum atomic E-state index is 13.1. The highest BCUT2D eigenvalue weighted by Gasteiger charge is 2.46. The molecule has 0 spiro atoms. The first-order valence-corrected chi connectivity index (χ1v) is 10.2. The fourth-order valence-electron chi connectivity index (χ4n) is 4.43. The Balaban J connectivity index is 2.06. The van der Waals surface area contributed by atoms with E-state index in [9.17, 15) is 14.7 Å². The van der Waals surface area contributed by atoms with Gasteiger partial charge in [-0.05, 0) is 35.4 Å². The second-order valence-electron chi connectivity index (χ2n) is 7.48. The van der Waals surface area contributed by atoms with Gasteiger partial charge in [-0.15, -0.1) is 0 Å². The highest BCUT2D eigenvalue weighted by Crippen LogP contribution is 2.52. The average molecular weight is 472 g/mol. The topological polar surface area (TPSA) is 119 Å². The first-order valence-electron chi connectivity index (χ1n) is 10.2. The molecule has 2 aromatic carbocycles. The number of fused-ring (bicyclic) bond motifs is 2. The molecule has 34 heavy (non-hydrogen) atoms. The van der Waals surface area contributed by atoms with Crippen molar-refractivity contribution in [3.63, 3.8) is 0 Å². The molecule has 1 aliphatic heterocycles. The Morgan fingerprint density at radius 1 is 0.882 bits per heavy atom. The molecule has 0 fully saturated rings. The van der Waals surface area contributed by atoms with Crippen molar-refractivity contribution in [2.75, 3.05) is 42.3 Å². The monoisotopic (exact) mass is 472 g/mol. The summed E-state index contributed by atoms with van der Waals surface area (Å²) in [5, 5.41) is 11.1. The van der Waals surface area contributed by atoms with Crippen molar-refractivity contribution in [3.05, 3.63) is 46.5 Å². The molecule has 1 N–H and O–H groups in total. The second-order valence-corrected chi connectivity index (χ2v) is 7.48. The normalized spacial score (nSPS) is 18.1. The molecule has 2 aromatic rings. The van der Waals surface area contributed by atoms with Crippen LogP contribution in [0.5, 0.6) is 28.7 Å². The fourth-order valence-corrected chi connectivity index (χ4v) is 4.43. The number of rotatable bonds is 6. The van der Waals surface area contributed by atoms with Crippen LogP contribution in [0.2, 0.25) is 0 Å². The van der Waals surface area contributed by atoms with Gasteiger partial charge in [-0.3, -0.25) is 4.79 Å². The van der Waals surface area contributed by atoms with Crippen LogP contribution >= 0.6 is 0 Å². The summed E-state index contributed by atoms with van der Waals surface area (Å²) >= 11 is 0. The molecule has 10 nitrogen and oxygen atoms in total. The van der Waals surface area contributed by atoms with Gasteiger partial charge >= 0.3 is 11.9 Å². The van der Waals surface area contributed by atoms with E-state index in [0.717, 1.165) is 0 Å². The third kappa shape index (κ3) is 3.51. The lowest BCUT2D eigenvalue weighted by molar-refractivity contribution is -0.148. The van der Waals surface area contributed by atoms with E-state index < -0.39 is 29.5 Å². The molecule has 4 rings (SSSR count). The van der Waals surface area contributed by atoms with Crippen LogP contribution in [0.1, 0.15) is 22.6 Å². The zero-order valence-corrected chi connectivity index (χ0v) is 19.3. The Morgan fingerprint density at radius 3 is 2.03 bits per heavy atom. The zero-order chi connectivity index (χ0) is 24.6. The van der Waals surface area contributed by atoms with Gasteiger partial charge in [0.05, 0.1) is 41.1 Å². The van der Waals surface area contributed by atoms with Gasteiger partial charge in [-0.2, -0.15) is 0 Å². The van der Waals surface area contributed by atoms with Gasteiger partial charge in [0.15, 0.2) is 23.0 Å². The van der Waals surface area contributed by atoms with Crippen molar-refractivity contribution < 1.29 is 47.9 Å². The molecule has 10 heteroatoms. The molecule has 1 aliphatic carbocycles. The summed E-state index contributed by atoms with van der Waals surface area (Å²) in [5.41, 5.74) is 1.11. The van der Waals surface area contributed by atoms with E-state index in [1.54, 1.807) is 24.3 Å². The highest BCUT2D eigenvalue weighted by molar-refractivity contribution is 6.04. The summed E-state index contributed by atoms with van der Waals surface area (Å²) < 4.78 is 37.3. The summed E-state index contributed by atoms with van der Waals surface area (Å²) in [4.78, 5) is 25.9. The predicted octanol–water partition coefficient (Wildman–Crippen LogP) is 2.82. The molecule has 1 heterocycles. The lowest BCUT2D eigenvalue weighted by Crippen LogP contribution is -2.34. The average Bonchev–Trinajstić information content (AvgIpc) is 3.33. The summed E-state index contributed by atoms with van der Waals surface area (Å²) in [5.74, 6) is -2.17. The van der Waals surface area contributed by atoms with Crippen LogP contribution in [0.4, 0.5) is 0 Å². The van der Waals surface area contributed by atoms with E-state index in [2.05, 4.69) is 0 Å². The van der Waals surface area contributed by atoms with Crippen LogP contribution in [-0.2, 0) is 19.1 Å². The summed E-state index contributed by atoms with van der Waals surface area (Å²) in [6, 6.07) is 6.58. The number of esters is 2. The van der Waals surface area contributed by atoms with E-state index in [-0.39, 0.29) is 12.4 Å². The lowest BCUT2D eigenvalue weighted by atomic mass is 9.70. The first kappa shape index (κ1) is 23.1. The molecular weight excluding hydrogens is 448 g/mol. The van der Waals surface area contributed by atoms with Crippen LogP contribution < -0.4 is 23.7 Å². The fraction of sp³-hybridized carbons (Fsp3) is 0.333. The minimum atomic E-state index is -1.24. The van der Waals surface area contributed by atoms with Gasteiger partial charge in [0.1, 0.15) is 11.7 Å². The summed E-state index contributed by atoms with van der Waals surface area (Å²) in [6.45, 7) is 0.00183. The summed E-state index contributed by atoms with van der Waals surface area (Å²) in [7, 11) is 6.79. The van der Waals surface area contributed by atoms with Crippen LogP contribution in [0.15, 0.2) is 29.8 Å². The van der Waals surface area contributed by atoms with Crippen molar-refractivity contribution in [2.45, 2.75) is 5.92 Å². The number of methoxy groups -OCH3 is 5. The predicted molar refractivity (Wildman–Crippen MR) is 118 cm³/mol. The highest BCUT2D eigenvalue weighted by atomic mass is 16.7. The molecule has 2 aliphatic rings. The number of aliphatic hydroxyl groups is 1. The Hall–Kier alpha value is -4.08. The van der Waals surface area contributed by atoms with E-state index in [1.165, 1.54) is 35.5 Å². The number of ether oxygens (including phenoxy) is 7. The van der Waals surface area contributed by atoms with Gasteiger partial charge in [-0.25, -0.2) is 4.79 Å². The SMILES string of the molecule is COC(=O)C1=C(O)c2cc3c(cc2C(c2cc(OC)c(OC)c(OC)c2)C1C(=O)OC)OCO3. The minimum absolute atomic E-state index is 0.00183. The molecule has 0 amide bonds. The number of benzene rings is 2. The van der Waals surface area contributed by atoms with Crippen LogP contribution in [0.3, 0.4) is 0 Å². The van der Waals surface area contributed by atoms with Gasteiger partial charge < -0.3 is 38.3 Å². The molecule has 2 atom stereocenters. The number of carbonyl (C=O) groups excluding carboxylic acids is 2. The van der Waals surface area contributed by atoms with Gasteiger partial charge in [0.25, 0.3) is 0 Å². The van der Waals surface area contributed by atoms with Crippen molar-refractivity contribution >= 4 is 17.7 Å². The Kier molecular flexibility index (Phi) is 6.14. The Morgan fingerprint density at radius 2 is 1.50 bits per heavy atom. The first-order chi connectivity index (χ1) is 16.4. The molecular formula is C24H24O10. The number of hydrogen-bond donors (Lipinski definition) is 1. The second kappa shape index (κ2) is 9.05. The van der Waals surface area contributed by atoms with Crippen molar-refractivity contribution in [1.29, 1.82) is 0 Å². The Bertz CT molecular complexity index is 1160. The van der Waals surface area contributed by atoms with Gasteiger partial charge in [0.2, 0.25) is 12.5 Å². The van der Waals surface area contributed by atoms with Crippen LogP contribution in [0.25, 0.3) is 5.76 Å². The third-order valence-electron chi connectivity index (χ3n) is 5.94. The smallest absolute Gasteiger partial charge is 0.338 e. The minimum Gasteiger partial charge on any atom is -0.507 e. The van der Waals surface area contributed by atoms with Gasteiger partial charge in [0, 0.05) is 11.5 Å². The molecule has 180 valence electrons. The maximum absolute atomic E-state index is 13.1. The molecule has 0 saturated carbocycles. The molecule has 0 saturated heterocycles. The molecule has 0 aromatic heterocycles. The Labute approximate surface area is 195 Å². The lowest BCUT2D eigenvalue weighted by Gasteiger charge is -2.33. The molecule has 0 bridgehead atoms. The number of aliphatic hydroxyl groups excluding tert-OH is 1. The molecule has 0 radical (unpaired) electrons. The van der Waals surface area contributed by atoms with E-state index in [1.807, 2.05) is 0 Å². The maximum Gasteiger partial charge on any atom is 0.338 e. The van der Waals surface area contributed by atoms with E-state index in [4.69, 9.17) is 33.2 Å². The van der Waals surface area contributed by atoms with Crippen molar-refractivity contribution in [1.82, 2.24) is 0 Å². The third-order valence-corrected chi connectivity index (χ3v) is 5.94.